The highest BCUT2D eigenvalue weighted by Crippen LogP contribution is 2.47. The van der Waals surface area contributed by atoms with Crippen LogP contribution in [0.5, 0.6) is 0 Å². The number of nitriles is 2. The van der Waals surface area contributed by atoms with E-state index in [2.05, 4.69) is 21.8 Å². The second-order valence-corrected chi connectivity index (χ2v) is 18.6. The monoisotopic (exact) mass is 1020 g/mol. The van der Waals surface area contributed by atoms with E-state index in [1.54, 1.807) is 146 Å². The van der Waals surface area contributed by atoms with Gasteiger partial charge in [0.1, 0.15) is 0 Å². The summed E-state index contributed by atoms with van der Waals surface area (Å²) in [5.74, 6) is 0. The zero-order valence-electron chi connectivity index (χ0n) is 40.6. The van der Waals surface area contributed by atoms with E-state index in [-0.39, 0.29) is 22.5 Å². The number of alkyl halides is 6. The third kappa shape index (κ3) is 8.05. The number of aromatic nitrogens is 2. The minimum atomic E-state index is -4.90. The first-order valence-corrected chi connectivity index (χ1v) is 24.3. The molecule has 0 aliphatic rings. The molecule has 2 heterocycles. The fourth-order valence-corrected chi connectivity index (χ4v) is 10.8. The molecular weight excluding hydrogens is 991 g/mol. The SMILES string of the molecule is [C-]#[N+]c1ccccc1-c1ccc2c(c1)c1cc(-c3ccccc3C#N)ccc1n2-c1cc(-c2ccc(C(F)(F)F)c(-n3c4ccc(-c5ccccc5C#N)cc4c4cc(-c5ccccc5[N+]#[C-])ccc43)c2)ccc1C(F)(F)F. The Morgan fingerprint density at radius 1 is 0.346 bits per heavy atom. The van der Waals surface area contributed by atoms with Gasteiger partial charge in [0.05, 0.1) is 81.0 Å². The van der Waals surface area contributed by atoms with Gasteiger partial charge in [0.15, 0.2) is 11.4 Å². The number of para-hydroxylation sites is 2. The van der Waals surface area contributed by atoms with Gasteiger partial charge in [-0.2, -0.15) is 36.9 Å². The van der Waals surface area contributed by atoms with Gasteiger partial charge >= 0.3 is 12.4 Å². The van der Waals surface area contributed by atoms with Gasteiger partial charge < -0.3 is 9.13 Å². The van der Waals surface area contributed by atoms with Crippen LogP contribution in [-0.4, -0.2) is 9.13 Å². The van der Waals surface area contributed by atoms with Crippen LogP contribution >= 0.6 is 0 Å². The van der Waals surface area contributed by atoms with E-state index >= 15 is 26.3 Å². The van der Waals surface area contributed by atoms with E-state index in [0.29, 0.717) is 111 Å². The maximum absolute atomic E-state index is 15.6. The van der Waals surface area contributed by atoms with Gasteiger partial charge in [0, 0.05) is 21.5 Å². The van der Waals surface area contributed by atoms with Crippen LogP contribution in [0.2, 0.25) is 0 Å². The van der Waals surface area contributed by atoms with Crippen molar-refractivity contribution < 1.29 is 26.3 Å². The molecule has 78 heavy (non-hydrogen) atoms. The number of nitrogens with zero attached hydrogens (tertiary/aromatic N) is 6. The van der Waals surface area contributed by atoms with Crippen molar-refractivity contribution in [1.82, 2.24) is 9.13 Å². The van der Waals surface area contributed by atoms with Crippen LogP contribution in [0.4, 0.5) is 37.7 Å². The van der Waals surface area contributed by atoms with Crippen LogP contribution < -0.4 is 0 Å². The van der Waals surface area contributed by atoms with E-state index in [1.165, 1.54) is 33.4 Å². The lowest BCUT2D eigenvalue weighted by Gasteiger charge is -2.20. The second kappa shape index (κ2) is 18.6. The molecule has 0 amide bonds. The van der Waals surface area contributed by atoms with Gasteiger partial charge in [-0.1, -0.05) is 121 Å². The van der Waals surface area contributed by atoms with Gasteiger partial charge in [-0.25, -0.2) is 9.69 Å². The van der Waals surface area contributed by atoms with Gasteiger partial charge in [0.2, 0.25) is 0 Å². The number of fused-ring (bicyclic) bond motifs is 6. The van der Waals surface area contributed by atoms with E-state index in [1.807, 2.05) is 24.3 Å². The molecule has 0 fully saturated rings. The lowest BCUT2D eigenvalue weighted by Crippen LogP contribution is -2.12. The highest BCUT2D eigenvalue weighted by atomic mass is 19.4. The zero-order chi connectivity index (χ0) is 54.0. The zero-order valence-corrected chi connectivity index (χ0v) is 40.6. The number of rotatable bonds is 7. The Bertz CT molecular complexity index is 4140. The molecule has 0 N–H and O–H groups in total. The van der Waals surface area contributed by atoms with Crippen LogP contribution in [-0.2, 0) is 12.4 Å². The molecule has 0 aliphatic heterocycles. The predicted molar refractivity (Wildman–Crippen MR) is 294 cm³/mol. The molecule has 12 aromatic rings. The summed E-state index contributed by atoms with van der Waals surface area (Å²) in [5.41, 5.74) is 5.99. The Morgan fingerprint density at radius 2 is 0.641 bits per heavy atom. The Hall–Kier alpha value is -10.7. The van der Waals surface area contributed by atoms with Gasteiger partial charge in [-0.3, -0.25) is 0 Å². The number of halogens is 6. The predicted octanol–water partition coefficient (Wildman–Crippen LogP) is 19.1. The average molecular weight is 1030 g/mol. The number of hydrogen-bond acceptors (Lipinski definition) is 2. The first-order chi connectivity index (χ1) is 37.8. The summed E-state index contributed by atoms with van der Waals surface area (Å²) in [4.78, 5) is 7.42. The fourth-order valence-electron chi connectivity index (χ4n) is 10.8. The lowest BCUT2D eigenvalue weighted by molar-refractivity contribution is -0.138. The normalized spacial score (nSPS) is 11.7. The largest absolute Gasteiger partial charge is 0.418 e. The maximum atomic E-state index is 15.6. The highest BCUT2D eigenvalue weighted by molar-refractivity contribution is 6.13. The van der Waals surface area contributed by atoms with Crippen molar-refractivity contribution in [2.75, 3.05) is 0 Å². The average Bonchev–Trinajstić information content (AvgIpc) is 4.05. The third-order valence-electron chi connectivity index (χ3n) is 14.3. The summed E-state index contributed by atoms with van der Waals surface area (Å²) in [6.07, 6.45) is -9.79. The van der Waals surface area contributed by atoms with E-state index in [4.69, 9.17) is 13.1 Å². The second-order valence-electron chi connectivity index (χ2n) is 18.6. The van der Waals surface area contributed by atoms with Crippen LogP contribution in [0.25, 0.3) is 120 Å². The van der Waals surface area contributed by atoms with Gasteiger partial charge in [0.25, 0.3) is 0 Å². The first kappa shape index (κ1) is 48.3. The topological polar surface area (TPSA) is 66.2 Å². The van der Waals surface area contributed by atoms with Crippen LogP contribution in [0.1, 0.15) is 22.3 Å². The molecule has 0 atom stereocenters. The van der Waals surface area contributed by atoms with Crippen molar-refractivity contribution in [2.24, 2.45) is 0 Å². The molecule has 12 rings (SSSR count). The van der Waals surface area contributed by atoms with Crippen LogP contribution in [0.15, 0.2) is 206 Å². The molecular formula is C66H34F6N6. The third-order valence-corrected chi connectivity index (χ3v) is 14.3. The Morgan fingerprint density at radius 3 is 0.962 bits per heavy atom. The van der Waals surface area contributed by atoms with Crippen molar-refractivity contribution in [3.63, 3.8) is 0 Å². The number of hydrogen-bond donors (Lipinski definition) is 0. The molecule has 2 aromatic heterocycles. The van der Waals surface area contributed by atoms with E-state index < -0.39 is 23.5 Å². The highest BCUT2D eigenvalue weighted by Gasteiger charge is 2.37. The molecule has 6 nitrogen and oxygen atoms in total. The van der Waals surface area contributed by atoms with Crippen molar-refractivity contribution >= 4 is 55.0 Å². The van der Waals surface area contributed by atoms with Crippen molar-refractivity contribution in [2.45, 2.75) is 12.4 Å². The Labute approximate surface area is 442 Å². The van der Waals surface area contributed by atoms with Crippen molar-refractivity contribution in [3.8, 4) is 79.1 Å². The summed E-state index contributed by atoms with van der Waals surface area (Å²) >= 11 is 0. The summed E-state index contributed by atoms with van der Waals surface area (Å²) in [5, 5.41) is 22.3. The van der Waals surface area contributed by atoms with E-state index in [9.17, 15) is 10.5 Å². The quantitative estimate of drug-likeness (QED) is 0.118. The molecule has 0 saturated heterocycles. The molecule has 0 aliphatic carbocycles. The molecule has 0 radical (unpaired) electrons. The molecule has 10 aromatic carbocycles. The minimum Gasteiger partial charge on any atom is -0.309 e. The standard InChI is InChI=1S/C66H34F6N6/c1-75-57-17-9-7-15-49(57)43-23-29-61-53(33-43)51-31-41(47-13-5-3-11-45(47)37-73)21-27-59(51)77(61)63-35-39(19-25-55(63)65(67,68)69)40-20-26-56(66(70,71)72)64(36-40)78-60-28-22-42(48-14-6-4-12-46(48)38-74)32-52(60)54-34-44(24-30-62(54)78)50-16-8-10-18-58(50)76-2/h3-36H. The molecule has 0 unspecified atom stereocenters. The Balaban J connectivity index is 1.10. The smallest absolute Gasteiger partial charge is 0.309 e. The first-order valence-electron chi connectivity index (χ1n) is 24.3. The molecule has 370 valence electrons. The lowest BCUT2D eigenvalue weighted by atomic mass is 9.97. The maximum Gasteiger partial charge on any atom is 0.418 e. The van der Waals surface area contributed by atoms with Crippen LogP contribution in [0.3, 0.4) is 0 Å². The summed E-state index contributed by atoms with van der Waals surface area (Å²) in [6, 6.07) is 60.7. The van der Waals surface area contributed by atoms with Gasteiger partial charge in [-0.15, -0.1) is 0 Å². The minimum absolute atomic E-state index is 0.194. The molecule has 12 heteroatoms. The summed E-state index contributed by atoms with van der Waals surface area (Å²) in [7, 11) is 0. The van der Waals surface area contributed by atoms with E-state index in [0.717, 1.165) is 12.1 Å². The van der Waals surface area contributed by atoms with Gasteiger partial charge in [-0.05, 0) is 141 Å². The van der Waals surface area contributed by atoms with Crippen molar-refractivity contribution in [1.29, 1.82) is 10.5 Å². The number of benzene rings is 10. The molecule has 0 spiro atoms. The molecule has 0 saturated carbocycles. The fraction of sp³-hybridized carbons (Fsp3) is 0.0303. The Kier molecular flexibility index (Phi) is 11.5. The summed E-state index contributed by atoms with van der Waals surface area (Å²) in [6.45, 7) is 15.7. The molecule has 0 bridgehead atoms. The van der Waals surface area contributed by atoms with Crippen LogP contribution in [0, 0.1) is 35.8 Å². The summed E-state index contributed by atoms with van der Waals surface area (Å²) < 4.78 is 96.4. The van der Waals surface area contributed by atoms with Crippen molar-refractivity contribution in [3.05, 3.63) is 251 Å².